The van der Waals surface area contributed by atoms with Crippen LogP contribution in [0.5, 0.6) is 5.75 Å². The van der Waals surface area contributed by atoms with Gasteiger partial charge in [0.2, 0.25) is 11.8 Å². The fourth-order valence-electron chi connectivity index (χ4n) is 7.27. The minimum Gasteiger partial charge on any atom is -0.497 e. The summed E-state index contributed by atoms with van der Waals surface area (Å²) in [5.41, 5.74) is 0.671. The van der Waals surface area contributed by atoms with Gasteiger partial charge in [-0.1, -0.05) is 32.9 Å². The number of amides is 3. The summed E-state index contributed by atoms with van der Waals surface area (Å²) in [6.45, 7) is 16.7. The molecule has 0 saturated carbocycles. The Labute approximate surface area is 248 Å². The van der Waals surface area contributed by atoms with Crippen LogP contribution in [-0.2, 0) is 14.4 Å². The number of rotatable bonds is 13. The highest BCUT2D eigenvalue weighted by Crippen LogP contribution is 2.72. The molecular formula is C32H45N3O5S. The van der Waals surface area contributed by atoms with Crippen LogP contribution in [0.15, 0.2) is 49.6 Å². The smallest absolute Gasteiger partial charge is 0.251 e. The van der Waals surface area contributed by atoms with Crippen LogP contribution in [0.4, 0.5) is 5.69 Å². The molecule has 3 fully saturated rings. The number of likely N-dealkylation sites (tertiary alicyclic amines) is 1. The number of aliphatic hydroxyl groups is 1. The van der Waals surface area contributed by atoms with Crippen LogP contribution in [0.25, 0.3) is 0 Å². The number of fused-ring (bicyclic) bond motifs is 1. The molecule has 9 heteroatoms. The van der Waals surface area contributed by atoms with E-state index in [2.05, 4.69) is 20.1 Å². The molecule has 2 unspecified atom stereocenters. The molecule has 1 N–H and O–H groups in total. The van der Waals surface area contributed by atoms with E-state index in [1.807, 2.05) is 32.9 Å². The summed E-state index contributed by atoms with van der Waals surface area (Å²) in [4.78, 5) is 48.7. The molecule has 1 aromatic rings. The largest absolute Gasteiger partial charge is 0.497 e. The van der Waals surface area contributed by atoms with E-state index in [1.54, 1.807) is 57.9 Å². The third kappa shape index (κ3) is 5.09. The highest BCUT2D eigenvalue weighted by atomic mass is 32.2. The molecule has 4 rings (SSSR count). The number of thioether (sulfide) groups is 1. The van der Waals surface area contributed by atoms with Gasteiger partial charge in [-0.2, -0.15) is 0 Å². The Morgan fingerprint density at radius 2 is 1.83 bits per heavy atom. The monoisotopic (exact) mass is 583 g/mol. The van der Waals surface area contributed by atoms with Crippen LogP contribution in [0, 0.1) is 17.8 Å². The lowest BCUT2D eigenvalue weighted by atomic mass is 9.66. The van der Waals surface area contributed by atoms with Crippen LogP contribution in [0.3, 0.4) is 0 Å². The second-order valence-electron chi connectivity index (χ2n) is 12.0. The van der Waals surface area contributed by atoms with Crippen molar-refractivity contribution in [3.63, 3.8) is 0 Å². The molecule has 0 aliphatic carbocycles. The van der Waals surface area contributed by atoms with E-state index in [-0.39, 0.29) is 36.8 Å². The first-order valence-electron chi connectivity index (χ1n) is 14.6. The molecule has 3 heterocycles. The molecule has 2 bridgehead atoms. The summed E-state index contributed by atoms with van der Waals surface area (Å²) in [5, 5.41) is 10.5. The number of hydrogen-bond donors (Lipinski definition) is 1. The minimum atomic E-state index is -0.828. The summed E-state index contributed by atoms with van der Waals surface area (Å²) in [7, 11) is 1.59. The topological polar surface area (TPSA) is 90.4 Å². The van der Waals surface area contributed by atoms with Gasteiger partial charge < -0.3 is 24.5 Å². The Hall–Kier alpha value is -2.78. The van der Waals surface area contributed by atoms with Crippen LogP contribution < -0.4 is 9.64 Å². The van der Waals surface area contributed by atoms with Crippen LogP contribution >= 0.6 is 11.8 Å². The van der Waals surface area contributed by atoms with E-state index in [4.69, 9.17) is 4.74 Å². The fourth-order valence-corrected chi connectivity index (χ4v) is 9.60. The normalized spacial score (nSPS) is 28.9. The van der Waals surface area contributed by atoms with Gasteiger partial charge in [0.1, 0.15) is 11.8 Å². The summed E-state index contributed by atoms with van der Waals surface area (Å²) in [6, 6.07) is 5.87. The van der Waals surface area contributed by atoms with Gasteiger partial charge in [0.15, 0.2) is 0 Å². The van der Waals surface area contributed by atoms with Crippen molar-refractivity contribution in [2.45, 2.75) is 68.5 Å². The fraction of sp³-hybridized carbons (Fsp3) is 0.594. The summed E-state index contributed by atoms with van der Waals surface area (Å²) < 4.78 is 4.08. The Morgan fingerprint density at radius 1 is 1.17 bits per heavy atom. The van der Waals surface area contributed by atoms with Crippen molar-refractivity contribution in [1.82, 2.24) is 9.80 Å². The molecule has 1 spiro atoms. The highest BCUT2D eigenvalue weighted by molar-refractivity contribution is 8.02. The first-order valence-corrected chi connectivity index (χ1v) is 15.5. The molecule has 3 aliphatic rings. The summed E-state index contributed by atoms with van der Waals surface area (Å²) in [6.07, 6.45) is 5.58. The maximum absolute atomic E-state index is 14.8. The number of carbonyl (C=O) groups is 3. The van der Waals surface area contributed by atoms with Crippen molar-refractivity contribution in [3.8, 4) is 5.75 Å². The Morgan fingerprint density at radius 3 is 2.37 bits per heavy atom. The van der Waals surface area contributed by atoms with E-state index in [9.17, 15) is 19.5 Å². The lowest BCUT2D eigenvalue weighted by Gasteiger charge is -2.40. The molecule has 6 atom stereocenters. The van der Waals surface area contributed by atoms with Crippen molar-refractivity contribution in [2.75, 3.05) is 38.3 Å². The van der Waals surface area contributed by atoms with Gasteiger partial charge in [0, 0.05) is 30.1 Å². The number of aliphatic hydroxyl groups excluding tert-OH is 1. The van der Waals surface area contributed by atoms with Gasteiger partial charge in [0.25, 0.3) is 5.91 Å². The summed E-state index contributed by atoms with van der Waals surface area (Å²) >= 11 is 1.65. The molecule has 8 nitrogen and oxygen atoms in total. The number of methoxy groups -OCH3 is 1. The maximum Gasteiger partial charge on any atom is 0.251 e. The molecular weight excluding hydrogens is 538 g/mol. The number of nitrogens with zero attached hydrogens (tertiary/aromatic N) is 3. The van der Waals surface area contributed by atoms with E-state index >= 15 is 0 Å². The van der Waals surface area contributed by atoms with Crippen molar-refractivity contribution >= 4 is 35.2 Å². The van der Waals surface area contributed by atoms with Gasteiger partial charge in [-0.3, -0.25) is 14.4 Å². The minimum absolute atomic E-state index is 0.0436. The number of carbonyl (C=O) groups excluding carboxylic acids is 3. The van der Waals surface area contributed by atoms with Crippen molar-refractivity contribution < 1.29 is 24.2 Å². The first-order chi connectivity index (χ1) is 19.5. The lowest BCUT2D eigenvalue weighted by molar-refractivity contribution is -0.147. The zero-order valence-corrected chi connectivity index (χ0v) is 25.9. The Kier molecular flexibility index (Phi) is 9.29. The zero-order chi connectivity index (χ0) is 30.1. The molecule has 3 aliphatic heterocycles. The van der Waals surface area contributed by atoms with Crippen LogP contribution in [0.2, 0.25) is 0 Å². The van der Waals surface area contributed by atoms with Crippen molar-refractivity contribution in [1.29, 1.82) is 0 Å². The van der Waals surface area contributed by atoms with E-state index in [1.165, 1.54) is 0 Å². The molecule has 0 aromatic heterocycles. The third-order valence-electron chi connectivity index (χ3n) is 9.14. The van der Waals surface area contributed by atoms with Gasteiger partial charge in [-0.15, -0.1) is 24.9 Å². The van der Waals surface area contributed by atoms with E-state index in [0.717, 1.165) is 12.8 Å². The highest BCUT2D eigenvalue weighted by Gasteiger charge is 2.78. The second kappa shape index (κ2) is 12.2. The number of anilines is 1. The van der Waals surface area contributed by atoms with Crippen LogP contribution in [-0.4, -0.2) is 87.6 Å². The van der Waals surface area contributed by atoms with E-state index in [0.29, 0.717) is 30.9 Å². The standard InChI is InChI=1S/C32H45N3O5S/c1-8-17-33(18-9-2)28(37)25-26-29(38)35(24(20-36)21(4)5)27(32(26)16-15-31(25,6)41-32)30(39)34(19-10-3)22-11-13-23(40-7)14-12-22/h8,10-14,21,24-27,36H,1,3,9,15-20H2,2,4-7H3/t24-,25+,26-,27?,31-,32?/m0/s1. The third-order valence-corrected chi connectivity index (χ3v) is 11.1. The molecule has 41 heavy (non-hydrogen) atoms. The van der Waals surface area contributed by atoms with Crippen LogP contribution in [0.1, 0.15) is 47.0 Å². The number of benzene rings is 1. The average Bonchev–Trinajstić information content (AvgIpc) is 3.52. The van der Waals surface area contributed by atoms with Gasteiger partial charge >= 0.3 is 0 Å². The molecule has 224 valence electrons. The van der Waals surface area contributed by atoms with Crippen molar-refractivity contribution in [2.24, 2.45) is 17.8 Å². The number of ether oxygens (including phenoxy) is 1. The van der Waals surface area contributed by atoms with Gasteiger partial charge in [0.05, 0.1) is 36.3 Å². The van der Waals surface area contributed by atoms with E-state index < -0.39 is 33.4 Å². The Balaban J connectivity index is 1.85. The summed E-state index contributed by atoms with van der Waals surface area (Å²) in [5.74, 6) is -1.08. The van der Waals surface area contributed by atoms with Gasteiger partial charge in [-0.25, -0.2) is 0 Å². The second-order valence-corrected chi connectivity index (χ2v) is 13.9. The first kappa shape index (κ1) is 31.2. The SMILES string of the molecule is C=CCN(CCC)C(=O)[C@H]1[C@H]2C(=O)N([C@@H](CO)C(C)C)C(C(=O)N(CC=C)c3ccc(OC)cc3)C23CC[C@]1(C)S3. The number of hydrogen-bond acceptors (Lipinski definition) is 6. The predicted molar refractivity (Wildman–Crippen MR) is 164 cm³/mol. The zero-order valence-electron chi connectivity index (χ0n) is 25.0. The molecule has 3 amide bonds. The molecule has 1 aromatic carbocycles. The average molecular weight is 584 g/mol. The molecule has 0 radical (unpaired) electrons. The predicted octanol–water partition coefficient (Wildman–Crippen LogP) is 4.14. The van der Waals surface area contributed by atoms with Crippen molar-refractivity contribution in [3.05, 3.63) is 49.6 Å². The Bertz CT molecular complexity index is 1170. The molecule has 3 saturated heterocycles. The van der Waals surface area contributed by atoms with Gasteiger partial charge in [-0.05, 0) is 56.4 Å². The quantitative estimate of drug-likeness (QED) is 0.351. The lowest BCUT2D eigenvalue weighted by Crippen LogP contribution is -2.58. The maximum atomic E-state index is 14.8.